The molecule has 2 nitrogen and oxygen atoms in total. The quantitative estimate of drug-likeness (QED) is 0.673. The van der Waals surface area contributed by atoms with Gasteiger partial charge in [0.1, 0.15) is 0 Å². The molecule has 1 aliphatic carbocycles. The van der Waals surface area contributed by atoms with Crippen LogP contribution in [0, 0.1) is 11.8 Å². The molecule has 0 aromatic heterocycles. The highest BCUT2D eigenvalue weighted by Gasteiger charge is 2.40. The van der Waals surface area contributed by atoms with Crippen molar-refractivity contribution >= 4 is 0 Å². The van der Waals surface area contributed by atoms with Gasteiger partial charge in [-0.2, -0.15) is 0 Å². The minimum atomic E-state index is -0.424. The zero-order chi connectivity index (χ0) is 9.73. The molecule has 13 heavy (non-hydrogen) atoms. The molecule has 0 saturated heterocycles. The van der Waals surface area contributed by atoms with Gasteiger partial charge in [-0.15, -0.1) is 11.8 Å². The predicted octanol–water partition coefficient (Wildman–Crippen LogP) is 1.72. The Kier molecular flexibility index (Phi) is 3.77. The fraction of sp³-hybridized carbons (Fsp3) is 0.818. The van der Waals surface area contributed by atoms with E-state index in [-0.39, 0.29) is 5.60 Å². The number of ether oxygens (including phenoxy) is 1. The zero-order valence-corrected chi connectivity index (χ0v) is 8.47. The van der Waals surface area contributed by atoms with E-state index < -0.39 is 6.10 Å². The summed E-state index contributed by atoms with van der Waals surface area (Å²) in [6.45, 7) is 1.79. The first-order valence-corrected chi connectivity index (χ1v) is 4.88. The molecule has 0 radical (unpaired) electrons. The lowest BCUT2D eigenvalue weighted by atomic mass is 9.92. The summed E-state index contributed by atoms with van der Waals surface area (Å²) in [5, 5.41) is 9.90. The topological polar surface area (TPSA) is 29.5 Å². The van der Waals surface area contributed by atoms with E-state index in [1.807, 2.05) is 0 Å². The van der Waals surface area contributed by atoms with Crippen molar-refractivity contribution < 1.29 is 9.84 Å². The number of aliphatic hydroxyl groups excluding tert-OH is 1. The van der Waals surface area contributed by atoms with Gasteiger partial charge in [-0.3, -0.25) is 0 Å². The molecule has 74 valence electrons. The molecule has 0 spiro atoms. The van der Waals surface area contributed by atoms with Gasteiger partial charge < -0.3 is 9.84 Å². The Morgan fingerprint density at radius 3 is 2.54 bits per heavy atom. The van der Waals surface area contributed by atoms with Crippen molar-refractivity contribution in [2.75, 3.05) is 7.11 Å². The predicted molar refractivity (Wildman–Crippen MR) is 52.3 cm³/mol. The molecule has 0 aliphatic heterocycles. The molecule has 0 aromatic rings. The van der Waals surface area contributed by atoms with E-state index in [4.69, 9.17) is 4.74 Å². The summed E-state index contributed by atoms with van der Waals surface area (Å²) in [4.78, 5) is 0. The molecule has 1 unspecified atom stereocenters. The summed E-state index contributed by atoms with van der Waals surface area (Å²) < 4.78 is 5.44. The Balaban J connectivity index is 2.57. The Bertz CT molecular complexity index is 206. The normalized spacial score (nSPS) is 22.1. The van der Waals surface area contributed by atoms with Gasteiger partial charge in [0.25, 0.3) is 0 Å². The van der Waals surface area contributed by atoms with Crippen molar-refractivity contribution in [3.63, 3.8) is 0 Å². The summed E-state index contributed by atoms with van der Waals surface area (Å²) in [6, 6.07) is 0. The molecule has 2 heteroatoms. The van der Waals surface area contributed by atoms with Crippen LogP contribution in [0.2, 0.25) is 0 Å². The number of aliphatic hydroxyl groups is 1. The Labute approximate surface area is 80.3 Å². The van der Waals surface area contributed by atoms with Gasteiger partial charge in [0.15, 0.2) is 0 Å². The van der Waals surface area contributed by atoms with Crippen molar-refractivity contribution in [1.82, 2.24) is 0 Å². The van der Waals surface area contributed by atoms with Gasteiger partial charge in [-0.05, 0) is 19.8 Å². The summed E-state index contributed by atoms with van der Waals surface area (Å²) in [5.41, 5.74) is -0.302. The zero-order valence-electron chi connectivity index (χ0n) is 8.47. The highest BCUT2D eigenvalue weighted by molar-refractivity contribution is 5.03. The molecule has 1 N–H and O–H groups in total. The van der Waals surface area contributed by atoms with E-state index in [9.17, 15) is 5.11 Å². The summed E-state index contributed by atoms with van der Waals surface area (Å²) in [7, 11) is 1.69. The SMILES string of the molecule is CC#CCC(O)C1(OC)CCCC1. The lowest BCUT2D eigenvalue weighted by Gasteiger charge is -2.31. The molecule has 0 bridgehead atoms. The number of rotatable bonds is 3. The van der Waals surface area contributed by atoms with E-state index >= 15 is 0 Å². The van der Waals surface area contributed by atoms with Crippen LogP contribution in [-0.2, 0) is 4.74 Å². The molecular formula is C11H18O2. The average molecular weight is 182 g/mol. The van der Waals surface area contributed by atoms with Crippen LogP contribution in [-0.4, -0.2) is 23.9 Å². The van der Waals surface area contributed by atoms with E-state index in [1.165, 1.54) is 0 Å². The van der Waals surface area contributed by atoms with Gasteiger partial charge in [-0.25, -0.2) is 0 Å². The van der Waals surface area contributed by atoms with E-state index in [1.54, 1.807) is 14.0 Å². The Morgan fingerprint density at radius 1 is 1.46 bits per heavy atom. The maximum atomic E-state index is 9.90. The van der Waals surface area contributed by atoms with E-state index in [0.717, 1.165) is 25.7 Å². The first kappa shape index (κ1) is 10.6. The molecule has 0 aromatic carbocycles. The summed E-state index contributed by atoms with van der Waals surface area (Å²) >= 11 is 0. The summed E-state index contributed by atoms with van der Waals surface area (Å²) in [6.07, 6.45) is 4.36. The maximum absolute atomic E-state index is 9.90. The van der Waals surface area contributed by atoms with E-state index in [0.29, 0.717) is 6.42 Å². The van der Waals surface area contributed by atoms with E-state index in [2.05, 4.69) is 11.8 Å². The van der Waals surface area contributed by atoms with Crippen LogP contribution in [0.15, 0.2) is 0 Å². The first-order valence-electron chi connectivity index (χ1n) is 4.88. The molecule has 1 aliphatic rings. The minimum absolute atomic E-state index is 0.302. The Morgan fingerprint density at radius 2 is 2.08 bits per heavy atom. The molecule has 1 fully saturated rings. The first-order chi connectivity index (χ1) is 6.25. The summed E-state index contributed by atoms with van der Waals surface area (Å²) in [5.74, 6) is 5.70. The highest BCUT2D eigenvalue weighted by Crippen LogP contribution is 2.36. The fourth-order valence-electron chi connectivity index (χ4n) is 2.03. The largest absolute Gasteiger partial charge is 0.389 e. The molecular weight excluding hydrogens is 164 g/mol. The third kappa shape index (κ3) is 2.24. The third-order valence-electron chi connectivity index (χ3n) is 2.94. The van der Waals surface area contributed by atoms with Crippen molar-refractivity contribution in [2.45, 2.75) is 50.7 Å². The van der Waals surface area contributed by atoms with Gasteiger partial charge in [-0.1, -0.05) is 12.8 Å². The minimum Gasteiger partial charge on any atom is -0.389 e. The van der Waals surface area contributed by atoms with Crippen LogP contribution in [0.1, 0.15) is 39.0 Å². The number of hydrogen-bond donors (Lipinski definition) is 1. The number of hydrogen-bond acceptors (Lipinski definition) is 2. The second kappa shape index (κ2) is 4.64. The fourth-order valence-corrected chi connectivity index (χ4v) is 2.03. The van der Waals surface area contributed by atoms with Gasteiger partial charge >= 0.3 is 0 Å². The molecule has 1 atom stereocenters. The lowest BCUT2D eigenvalue weighted by molar-refractivity contribution is -0.0953. The van der Waals surface area contributed by atoms with Gasteiger partial charge in [0, 0.05) is 13.5 Å². The lowest BCUT2D eigenvalue weighted by Crippen LogP contribution is -2.41. The van der Waals surface area contributed by atoms with Crippen LogP contribution in [0.4, 0.5) is 0 Å². The van der Waals surface area contributed by atoms with Crippen LogP contribution >= 0.6 is 0 Å². The monoisotopic (exact) mass is 182 g/mol. The second-order valence-corrected chi connectivity index (χ2v) is 3.62. The molecule has 1 saturated carbocycles. The molecule has 0 heterocycles. The smallest absolute Gasteiger partial charge is 0.0945 e. The highest BCUT2D eigenvalue weighted by atomic mass is 16.5. The van der Waals surface area contributed by atoms with Crippen molar-refractivity contribution in [2.24, 2.45) is 0 Å². The van der Waals surface area contributed by atoms with Crippen LogP contribution in [0.25, 0.3) is 0 Å². The maximum Gasteiger partial charge on any atom is 0.0945 e. The van der Waals surface area contributed by atoms with Crippen molar-refractivity contribution in [3.05, 3.63) is 0 Å². The third-order valence-corrected chi connectivity index (χ3v) is 2.94. The number of methoxy groups -OCH3 is 1. The van der Waals surface area contributed by atoms with Crippen molar-refractivity contribution in [1.29, 1.82) is 0 Å². The molecule has 0 amide bonds. The Hall–Kier alpha value is -0.520. The van der Waals surface area contributed by atoms with Crippen LogP contribution in [0.5, 0.6) is 0 Å². The molecule has 1 rings (SSSR count). The second-order valence-electron chi connectivity index (χ2n) is 3.62. The standard InChI is InChI=1S/C11H18O2/c1-3-4-7-10(12)11(13-2)8-5-6-9-11/h10,12H,5-9H2,1-2H3. The van der Waals surface area contributed by atoms with Crippen molar-refractivity contribution in [3.8, 4) is 11.8 Å². The van der Waals surface area contributed by atoms with Gasteiger partial charge in [0.05, 0.1) is 11.7 Å². The van der Waals surface area contributed by atoms with Crippen LogP contribution < -0.4 is 0 Å². The van der Waals surface area contributed by atoms with Crippen LogP contribution in [0.3, 0.4) is 0 Å². The van der Waals surface area contributed by atoms with Gasteiger partial charge in [0.2, 0.25) is 0 Å². The average Bonchev–Trinajstić information content (AvgIpc) is 2.63.